The first-order valence-electron chi connectivity index (χ1n) is 3.95. The van der Waals surface area contributed by atoms with E-state index in [1.165, 1.54) is 0 Å². The molecule has 0 bridgehead atoms. The van der Waals surface area contributed by atoms with Gasteiger partial charge < -0.3 is 4.74 Å². The highest BCUT2D eigenvalue weighted by atomic mass is 16.5. The van der Waals surface area contributed by atoms with E-state index in [2.05, 4.69) is 6.92 Å². The van der Waals surface area contributed by atoms with Gasteiger partial charge in [0.2, 0.25) is 0 Å². The van der Waals surface area contributed by atoms with Crippen molar-refractivity contribution in [3.05, 3.63) is 0 Å². The summed E-state index contributed by atoms with van der Waals surface area (Å²) >= 11 is 0. The lowest BCUT2D eigenvalue weighted by Gasteiger charge is -2.19. The Balaban J connectivity index is 2.32. The molecule has 2 nitrogen and oxygen atoms in total. The fourth-order valence-electron chi connectivity index (χ4n) is 1.33. The van der Waals surface area contributed by atoms with Crippen LogP contribution in [0.4, 0.5) is 0 Å². The van der Waals surface area contributed by atoms with E-state index >= 15 is 0 Å². The number of ketones is 1. The van der Waals surface area contributed by atoms with Crippen molar-refractivity contribution in [3.63, 3.8) is 0 Å². The molecule has 1 saturated heterocycles. The molecule has 0 amide bonds. The van der Waals surface area contributed by atoms with Crippen LogP contribution in [0.15, 0.2) is 0 Å². The van der Waals surface area contributed by atoms with Crippen LogP contribution in [-0.4, -0.2) is 19.0 Å². The van der Waals surface area contributed by atoms with Crippen LogP contribution in [-0.2, 0) is 9.53 Å². The number of ether oxygens (including phenoxy) is 1. The van der Waals surface area contributed by atoms with Crippen molar-refractivity contribution >= 4 is 5.78 Å². The van der Waals surface area contributed by atoms with E-state index in [1.54, 1.807) is 0 Å². The van der Waals surface area contributed by atoms with E-state index in [9.17, 15) is 4.79 Å². The molecule has 1 heterocycles. The number of hydrogen-bond donors (Lipinski definition) is 0. The third-order valence-corrected chi connectivity index (χ3v) is 1.95. The van der Waals surface area contributed by atoms with E-state index in [1.807, 2.05) is 0 Å². The minimum absolute atomic E-state index is 0.299. The molecule has 0 aromatic carbocycles. The van der Waals surface area contributed by atoms with Crippen LogP contribution in [0.2, 0.25) is 0 Å². The van der Waals surface area contributed by atoms with Gasteiger partial charge in [0.15, 0.2) is 5.78 Å². The number of carbonyl (C=O) groups excluding carboxylic acids is 1. The van der Waals surface area contributed by atoms with Crippen LogP contribution >= 0.6 is 0 Å². The predicted molar refractivity (Wildman–Crippen MR) is 38.8 cm³/mol. The summed E-state index contributed by atoms with van der Waals surface area (Å²) in [5.74, 6) is 0.604. The molecule has 1 atom stereocenters. The molecule has 10 heavy (non-hydrogen) atoms. The maximum atomic E-state index is 11.1. The third kappa shape index (κ3) is 1.81. The molecule has 0 aromatic rings. The van der Waals surface area contributed by atoms with Gasteiger partial charge in [-0.25, -0.2) is 0 Å². The van der Waals surface area contributed by atoms with Gasteiger partial charge in [-0.05, 0) is 12.8 Å². The van der Waals surface area contributed by atoms with Crippen LogP contribution < -0.4 is 0 Å². The van der Waals surface area contributed by atoms with Crippen molar-refractivity contribution in [3.8, 4) is 0 Å². The lowest BCUT2D eigenvalue weighted by Crippen LogP contribution is -2.27. The average Bonchev–Trinajstić information content (AvgIpc) is 1.94. The van der Waals surface area contributed by atoms with Gasteiger partial charge >= 0.3 is 0 Å². The Bertz CT molecular complexity index is 118. The van der Waals surface area contributed by atoms with Crippen molar-refractivity contribution in [2.45, 2.75) is 26.2 Å². The molecular weight excluding hydrogens is 128 g/mol. The molecule has 1 aliphatic heterocycles. The zero-order valence-corrected chi connectivity index (χ0v) is 6.43. The first-order valence-corrected chi connectivity index (χ1v) is 3.95. The summed E-state index contributed by atoms with van der Waals surface area (Å²) in [6.07, 6.45) is 3.09. The van der Waals surface area contributed by atoms with Crippen LogP contribution in [0.3, 0.4) is 0 Å². The summed E-state index contributed by atoms with van der Waals surface area (Å²) in [6.45, 7) is 3.24. The van der Waals surface area contributed by atoms with E-state index in [-0.39, 0.29) is 0 Å². The second-order valence-electron chi connectivity index (χ2n) is 2.79. The third-order valence-electron chi connectivity index (χ3n) is 1.95. The molecule has 1 aliphatic rings. The quantitative estimate of drug-likeness (QED) is 0.582. The van der Waals surface area contributed by atoms with Crippen LogP contribution in [0.5, 0.6) is 0 Å². The summed E-state index contributed by atoms with van der Waals surface area (Å²) < 4.78 is 5.01. The van der Waals surface area contributed by atoms with E-state index in [0.717, 1.165) is 25.9 Å². The molecular formula is C8H14O2. The summed E-state index contributed by atoms with van der Waals surface area (Å²) in [5, 5.41) is 0. The van der Waals surface area contributed by atoms with Gasteiger partial charge in [0.05, 0.1) is 0 Å². The summed E-state index contributed by atoms with van der Waals surface area (Å²) in [5.41, 5.74) is 0. The largest absolute Gasteiger partial charge is 0.374 e. The van der Waals surface area contributed by atoms with Crippen LogP contribution in [0.25, 0.3) is 0 Å². The molecule has 0 aromatic heterocycles. The Morgan fingerprint density at radius 2 is 2.50 bits per heavy atom. The zero-order valence-electron chi connectivity index (χ0n) is 6.43. The summed E-state index contributed by atoms with van der Waals surface area (Å²) in [7, 11) is 0. The standard InChI is InChI=1S/C8H14O2/c1-2-3-7-4-5-10-6-8(7)9/h7H,2-6H2,1H3. The van der Waals surface area contributed by atoms with Gasteiger partial charge in [-0.15, -0.1) is 0 Å². The molecule has 1 rings (SSSR count). The Labute approximate surface area is 61.6 Å². The molecule has 58 valence electrons. The minimum Gasteiger partial charge on any atom is -0.374 e. The lowest BCUT2D eigenvalue weighted by atomic mass is 9.94. The average molecular weight is 142 g/mol. The van der Waals surface area contributed by atoms with Gasteiger partial charge in [-0.3, -0.25) is 4.79 Å². The monoisotopic (exact) mass is 142 g/mol. The highest BCUT2D eigenvalue weighted by Gasteiger charge is 2.21. The smallest absolute Gasteiger partial charge is 0.161 e. The van der Waals surface area contributed by atoms with Crippen molar-refractivity contribution in [1.29, 1.82) is 0 Å². The molecule has 1 fully saturated rings. The van der Waals surface area contributed by atoms with Crippen molar-refractivity contribution < 1.29 is 9.53 Å². The second-order valence-corrected chi connectivity index (χ2v) is 2.79. The normalized spacial score (nSPS) is 26.9. The lowest BCUT2D eigenvalue weighted by molar-refractivity contribution is -0.132. The van der Waals surface area contributed by atoms with Crippen LogP contribution in [0, 0.1) is 5.92 Å². The highest BCUT2D eigenvalue weighted by Crippen LogP contribution is 2.16. The topological polar surface area (TPSA) is 26.3 Å². The number of Topliss-reactive ketones (excluding diaryl/α,β-unsaturated/α-hetero) is 1. The summed E-state index contributed by atoms with van der Waals surface area (Å²) in [6, 6.07) is 0. The van der Waals surface area contributed by atoms with Gasteiger partial charge in [0.25, 0.3) is 0 Å². The first kappa shape index (κ1) is 7.73. The fraction of sp³-hybridized carbons (Fsp3) is 0.875. The van der Waals surface area contributed by atoms with Crippen molar-refractivity contribution in [1.82, 2.24) is 0 Å². The second kappa shape index (κ2) is 3.71. The minimum atomic E-state index is 0.299. The SMILES string of the molecule is CCCC1CCOCC1=O. The van der Waals surface area contributed by atoms with E-state index in [0.29, 0.717) is 18.3 Å². The number of rotatable bonds is 2. The molecule has 0 saturated carbocycles. The van der Waals surface area contributed by atoms with Gasteiger partial charge in [0, 0.05) is 12.5 Å². The Morgan fingerprint density at radius 3 is 3.10 bits per heavy atom. The molecule has 0 N–H and O–H groups in total. The molecule has 0 aliphatic carbocycles. The molecule has 2 heteroatoms. The highest BCUT2D eigenvalue weighted by molar-refractivity contribution is 5.82. The molecule has 0 radical (unpaired) electrons. The predicted octanol–water partition coefficient (Wildman–Crippen LogP) is 1.39. The maximum absolute atomic E-state index is 11.1. The Kier molecular flexibility index (Phi) is 2.87. The number of hydrogen-bond acceptors (Lipinski definition) is 2. The van der Waals surface area contributed by atoms with Crippen molar-refractivity contribution in [2.75, 3.05) is 13.2 Å². The summed E-state index contributed by atoms with van der Waals surface area (Å²) in [4.78, 5) is 11.1. The number of carbonyl (C=O) groups is 1. The zero-order chi connectivity index (χ0) is 7.40. The fourth-order valence-corrected chi connectivity index (χ4v) is 1.33. The molecule has 1 unspecified atom stereocenters. The van der Waals surface area contributed by atoms with E-state index < -0.39 is 0 Å². The van der Waals surface area contributed by atoms with Gasteiger partial charge in [-0.2, -0.15) is 0 Å². The molecule has 0 spiro atoms. The van der Waals surface area contributed by atoms with Crippen molar-refractivity contribution in [2.24, 2.45) is 5.92 Å². The Hall–Kier alpha value is -0.370. The van der Waals surface area contributed by atoms with E-state index in [4.69, 9.17) is 4.74 Å². The first-order chi connectivity index (χ1) is 4.84. The maximum Gasteiger partial charge on any atom is 0.161 e. The van der Waals surface area contributed by atoms with Crippen LogP contribution in [0.1, 0.15) is 26.2 Å². The Morgan fingerprint density at radius 1 is 1.70 bits per heavy atom. The van der Waals surface area contributed by atoms with Gasteiger partial charge in [0.1, 0.15) is 6.61 Å². The van der Waals surface area contributed by atoms with Gasteiger partial charge in [-0.1, -0.05) is 13.3 Å².